The molecule has 1 heterocycles. The molecule has 10 nitrogen and oxygen atoms in total. The number of Topliss-reactive ketones (excluding diaryl/α,β-unsaturated/α-hetero) is 1. The topological polar surface area (TPSA) is 152 Å². The van der Waals surface area contributed by atoms with Crippen LogP contribution in [0.25, 0.3) is 0 Å². The minimum Gasteiger partial charge on any atom is -0.481 e. The summed E-state index contributed by atoms with van der Waals surface area (Å²) in [5.41, 5.74) is -0.0332. The quantitative estimate of drug-likeness (QED) is 0.222. The molecule has 0 aromatic carbocycles. The normalized spacial score (nSPS) is 38.7. The number of ether oxygens (including phenoxy) is 1. The molecule has 7 rings (SSSR count). The summed E-state index contributed by atoms with van der Waals surface area (Å²) in [5, 5.41) is 16.0. The molecule has 1 unspecified atom stereocenters. The molecular weight excluding hydrogens is 731 g/mol. The second kappa shape index (κ2) is 13.7. The summed E-state index contributed by atoms with van der Waals surface area (Å²) in [6, 6.07) is 5.24. The number of aryl methyl sites for hydroxylation is 1. The maximum Gasteiger partial charge on any atom is 0.309 e. The van der Waals surface area contributed by atoms with Gasteiger partial charge in [0.25, 0.3) is 5.91 Å². The molecule has 1 aromatic heterocycles. The lowest BCUT2D eigenvalue weighted by Crippen LogP contribution is -2.68. The van der Waals surface area contributed by atoms with Gasteiger partial charge in [0.15, 0.2) is 5.78 Å². The molecule has 2 amide bonds. The molecular formula is C48H69N3O7. The predicted molar refractivity (Wildman–Crippen MR) is 221 cm³/mol. The van der Waals surface area contributed by atoms with Crippen molar-refractivity contribution in [2.24, 2.45) is 62.6 Å². The number of carbonyl (C=O) groups excluding carboxylic acids is 4. The lowest BCUT2D eigenvalue weighted by Gasteiger charge is -2.72. The smallest absolute Gasteiger partial charge is 0.309 e. The zero-order valence-electron chi connectivity index (χ0n) is 37.2. The molecule has 0 bridgehead atoms. The number of amides is 2. The van der Waals surface area contributed by atoms with Crippen molar-refractivity contribution in [2.45, 2.75) is 164 Å². The number of carboxylic acids is 1. The third-order valence-corrected chi connectivity index (χ3v) is 17.9. The van der Waals surface area contributed by atoms with Crippen LogP contribution in [0.5, 0.6) is 0 Å². The Kier molecular flexibility index (Phi) is 10.1. The number of nitrogens with one attached hydrogen (secondary N) is 2. The molecule has 318 valence electrons. The van der Waals surface area contributed by atoms with Crippen LogP contribution in [0.2, 0.25) is 0 Å². The highest BCUT2D eigenvalue weighted by Crippen LogP contribution is 2.76. The number of fused-ring (bicyclic) bond motifs is 7. The van der Waals surface area contributed by atoms with E-state index >= 15 is 0 Å². The van der Waals surface area contributed by atoms with Gasteiger partial charge in [0.05, 0.1) is 17.4 Å². The number of hydrogen-bond donors (Lipinski definition) is 3. The van der Waals surface area contributed by atoms with Gasteiger partial charge in [-0.1, -0.05) is 68.4 Å². The van der Waals surface area contributed by atoms with E-state index in [0.29, 0.717) is 30.4 Å². The molecule has 1 aromatic rings. The molecule has 0 saturated heterocycles. The van der Waals surface area contributed by atoms with Gasteiger partial charge in [0.1, 0.15) is 17.3 Å². The Morgan fingerprint density at radius 1 is 0.862 bits per heavy atom. The van der Waals surface area contributed by atoms with E-state index in [-0.39, 0.29) is 69.4 Å². The van der Waals surface area contributed by atoms with E-state index < -0.39 is 40.2 Å². The predicted octanol–water partition coefficient (Wildman–Crippen LogP) is 8.41. The Morgan fingerprint density at radius 3 is 2.17 bits per heavy atom. The zero-order chi connectivity index (χ0) is 42.8. The van der Waals surface area contributed by atoms with Crippen molar-refractivity contribution in [1.29, 1.82) is 0 Å². The van der Waals surface area contributed by atoms with E-state index in [0.717, 1.165) is 56.1 Å². The van der Waals surface area contributed by atoms with Crippen molar-refractivity contribution >= 4 is 29.5 Å². The fraction of sp³-hybridized carbons (Fsp3) is 0.750. The van der Waals surface area contributed by atoms with E-state index in [1.54, 1.807) is 26.0 Å². The molecule has 0 radical (unpaired) electrons. The van der Waals surface area contributed by atoms with Gasteiger partial charge in [0, 0.05) is 17.5 Å². The molecule has 0 aliphatic heterocycles. The molecule has 5 fully saturated rings. The van der Waals surface area contributed by atoms with Gasteiger partial charge >= 0.3 is 11.9 Å². The lowest BCUT2D eigenvalue weighted by atomic mass is 9.33. The minimum atomic E-state index is -1.25. The van der Waals surface area contributed by atoms with Gasteiger partial charge in [-0.05, 0) is 147 Å². The Balaban J connectivity index is 1.14. The van der Waals surface area contributed by atoms with E-state index in [9.17, 15) is 29.1 Å². The fourth-order valence-electron chi connectivity index (χ4n) is 14.4. The van der Waals surface area contributed by atoms with Gasteiger partial charge in [-0.3, -0.25) is 24.0 Å². The highest BCUT2D eigenvalue weighted by Gasteiger charge is 2.71. The number of esters is 1. The number of carboxylic acid groups (broad SMARTS) is 1. The summed E-state index contributed by atoms with van der Waals surface area (Å²) >= 11 is 0. The molecule has 6 aliphatic rings. The molecule has 10 heteroatoms. The minimum absolute atomic E-state index is 0.0156. The van der Waals surface area contributed by atoms with Crippen molar-refractivity contribution in [1.82, 2.24) is 15.6 Å². The Morgan fingerprint density at radius 2 is 1.55 bits per heavy atom. The first-order valence-electron chi connectivity index (χ1n) is 22.1. The number of aliphatic carboxylic acids is 1. The summed E-state index contributed by atoms with van der Waals surface area (Å²) in [6.07, 6.45) is 7.67. The number of aromatic nitrogens is 1. The van der Waals surface area contributed by atoms with Crippen LogP contribution >= 0.6 is 0 Å². The third kappa shape index (κ3) is 6.13. The number of ketones is 1. The number of carbonyl (C=O) groups is 5. The summed E-state index contributed by atoms with van der Waals surface area (Å²) in [5.74, 6) is -1.69. The van der Waals surface area contributed by atoms with Crippen LogP contribution in [-0.2, 0) is 23.9 Å². The Labute approximate surface area is 345 Å². The number of nitrogens with zero attached hydrogens (tertiary/aromatic N) is 1. The summed E-state index contributed by atoms with van der Waals surface area (Å²) in [7, 11) is 0. The van der Waals surface area contributed by atoms with Gasteiger partial charge in [0.2, 0.25) is 5.91 Å². The summed E-state index contributed by atoms with van der Waals surface area (Å²) in [4.78, 5) is 71.6. The molecule has 5 saturated carbocycles. The molecule has 58 heavy (non-hydrogen) atoms. The van der Waals surface area contributed by atoms with Crippen LogP contribution in [0.4, 0.5) is 0 Å². The number of hydrogen-bond acceptors (Lipinski definition) is 7. The number of allylic oxidation sites excluding steroid dienone is 1. The van der Waals surface area contributed by atoms with Gasteiger partial charge in [-0.15, -0.1) is 0 Å². The van der Waals surface area contributed by atoms with Crippen LogP contribution in [-0.4, -0.2) is 56.8 Å². The molecule has 3 N–H and O–H groups in total. The highest BCUT2D eigenvalue weighted by molar-refractivity contribution is 6.03. The van der Waals surface area contributed by atoms with E-state index in [2.05, 4.69) is 64.1 Å². The maximum absolute atomic E-state index is 14.4. The van der Waals surface area contributed by atoms with Crippen LogP contribution in [0.3, 0.4) is 0 Å². The second-order valence-electron chi connectivity index (χ2n) is 22.3. The van der Waals surface area contributed by atoms with Crippen molar-refractivity contribution in [3.63, 3.8) is 0 Å². The van der Waals surface area contributed by atoms with E-state index in [1.165, 1.54) is 0 Å². The SMILES string of the molecule is Cc1cccc(C(=O)NC(C)(C)C(=O)N[C@@]23CC[C@]4(C)[C@H](CC[C@@H]5[C@@]6(C)CC[C@H](OC(=O)C7C[C@@H](C(=O)O)C7(C)C)C(C)(C)[C@@H]6CC[C@]54C)C2=C(C(C)C)C(=O)C3)n1. The van der Waals surface area contributed by atoms with Crippen LogP contribution < -0.4 is 10.6 Å². The van der Waals surface area contributed by atoms with Crippen molar-refractivity contribution in [2.75, 3.05) is 0 Å². The van der Waals surface area contributed by atoms with Crippen molar-refractivity contribution in [3.05, 3.63) is 40.7 Å². The van der Waals surface area contributed by atoms with Gasteiger partial charge in [-0.2, -0.15) is 0 Å². The molecule has 0 spiro atoms. The summed E-state index contributed by atoms with van der Waals surface area (Å²) < 4.78 is 6.41. The van der Waals surface area contributed by atoms with Gasteiger partial charge in [-0.25, -0.2) is 4.98 Å². The number of rotatable bonds is 8. The standard InChI is InChI=1S/C48H69N3O7/c1-26(2)36-32(52)25-48(51-41(57)44(8,9)50-38(53)31-15-13-14-27(3)49-31)23-22-46(11)28(37(36)48)16-17-34-45(10)20-19-35(43(6,7)33(45)18-21-47(34,46)12)58-40(56)30-24-29(39(54)55)42(30,4)5/h13-15,26,28-30,33-35H,16-25H2,1-12H3,(H,50,53)(H,51,57)(H,54,55)/t28-,29+,30?,33+,34-,35+,45+,46-,47-,48-/m1/s1. The highest BCUT2D eigenvalue weighted by atomic mass is 16.5. The van der Waals surface area contributed by atoms with E-state index in [4.69, 9.17) is 4.74 Å². The zero-order valence-corrected chi connectivity index (χ0v) is 37.2. The Hall–Kier alpha value is -3.56. The third-order valence-electron chi connectivity index (χ3n) is 17.9. The lowest BCUT2D eigenvalue weighted by molar-refractivity contribution is -0.235. The monoisotopic (exact) mass is 800 g/mol. The molecule has 10 atom stereocenters. The fourth-order valence-corrected chi connectivity index (χ4v) is 14.4. The molecule has 6 aliphatic carbocycles. The first-order valence-corrected chi connectivity index (χ1v) is 22.1. The summed E-state index contributed by atoms with van der Waals surface area (Å²) in [6.45, 7) is 25.3. The van der Waals surface area contributed by atoms with Crippen LogP contribution in [0.1, 0.15) is 157 Å². The van der Waals surface area contributed by atoms with Crippen LogP contribution in [0, 0.1) is 69.5 Å². The largest absolute Gasteiger partial charge is 0.481 e. The average Bonchev–Trinajstić information content (AvgIpc) is 3.40. The average molecular weight is 800 g/mol. The van der Waals surface area contributed by atoms with Crippen molar-refractivity contribution in [3.8, 4) is 0 Å². The van der Waals surface area contributed by atoms with Crippen LogP contribution in [0.15, 0.2) is 29.3 Å². The number of pyridine rings is 1. The van der Waals surface area contributed by atoms with E-state index in [1.807, 2.05) is 26.8 Å². The first kappa shape index (κ1) is 42.6. The first-order chi connectivity index (χ1) is 26.8. The maximum atomic E-state index is 14.4. The second-order valence-corrected chi connectivity index (χ2v) is 22.3. The van der Waals surface area contributed by atoms with Gasteiger partial charge < -0.3 is 20.5 Å². The van der Waals surface area contributed by atoms with Crippen molar-refractivity contribution < 1.29 is 33.8 Å². The Bertz CT molecular complexity index is 1960.